The van der Waals surface area contributed by atoms with Gasteiger partial charge in [-0.05, 0) is 25.1 Å². The third kappa shape index (κ3) is 3.23. The molecule has 0 fully saturated rings. The molecule has 106 valence electrons. The van der Waals surface area contributed by atoms with Gasteiger partial charge in [-0.1, -0.05) is 20.8 Å². The summed E-state index contributed by atoms with van der Waals surface area (Å²) in [5.41, 5.74) is 2.33. The molecule has 0 spiro atoms. The van der Waals surface area contributed by atoms with E-state index in [1.54, 1.807) is 6.07 Å². The lowest BCUT2D eigenvalue weighted by Crippen LogP contribution is -2.14. The summed E-state index contributed by atoms with van der Waals surface area (Å²) in [6.07, 6.45) is -0.103. The summed E-state index contributed by atoms with van der Waals surface area (Å²) in [5, 5.41) is 2.71. The van der Waals surface area contributed by atoms with E-state index in [9.17, 15) is 9.59 Å². The van der Waals surface area contributed by atoms with Crippen LogP contribution >= 0.6 is 0 Å². The number of hydrogen-bond acceptors (Lipinski definition) is 3. The number of carbonyl (C=O) groups excluding carboxylic acids is 2. The molecule has 0 unspecified atom stereocenters. The first-order chi connectivity index (χ1) is 9.25. The molecule has 0 bridgehead atoms. The summed E-state index contributed by atoms with van der Waals surface area (Å²) in [6, 6.07) is 5.47. The Kier molecular flexibility index (Phi) is 3.61. The molecule has 1 aromatic heterocycles. The van der Waals surface area contributed by atoms with E-state index >= 15 is 0 Å². The normalized spacial score (nSPS) is 11.6. The average molecular weight is 273 g/mol. The Labute approximate surface area is 117 Å². The minimum atomic E-state index is -0.299. The van der Waals surface area contributed by atoms with Crippen LogP contribution in [0.3, 0.4) is 0 Å². The molecule has 0 aliphatic heterocycles. The van der Waals surface area contributed by atoms with Crippen molar-refractivity contribution in [1.29, 1.82) is 0 Å². The van der Waals surface area contributed by atoms with Crippen LogP contribution < -0.4 is 5.32 Å². The third-order valence-electron chi connectivity index (χ3n) is 2.89. The maximum absolute atomic E-state index is 11.6. The highest BCUT2D eigenvalue weighted by molar-refractivity contribution is 6.04. The van der Waals surface area contributed by atoms with Gasteiger partial charge in [0.05, 0.1) is 17.5 Å². The molecule has 1 amide bonds. The Morgan fingerprint density at radius 2 is 2.00 bits per heavy atom. The van der Waals surface area contributed by atoms with E-state index in [0.717, 1.165) is 16.9 Å². The Hall–Kier alpha value is -2.17. The van der Waals surface area contributed by atoms with Crippen LogP contribution in [0.5, 0.6) is 0 Å². The second-order valence-corrected chi connectivity index (χ2v) is 5.99. The summed E-state index contributed by atoms with van der Waals surface area (Å²) < 4.78 is 0. The van der Waals surface area contributed by atoms with Crippen molar-refractivity contribution in [3.8, 4) is 0 Å². The number of Topliss-reactive ketones (excluding diaryl/α,β-unsaturated/α-hetero) is 1. The largest absolute Gasteiger partial charge is 0.341 e. The number of hydrogen-bond donors (Lipinski definition) is 2. The first-order valence-corrected chi connectivity index (χ1v) is 6.55. The van der Waals surface area contributed by atoms with Crippen molar-refractivity contribution in [1.82, 2.24) is 9.97 Å². The lowest BCUT2D eigenvalue weighted by Gasteiger charge is -2.13. The fraction of sp³-hybridized carbons (Fsp3) is 0.400. The molecule has 0 atom stereocenters. The third-order valence-corrected chi connectivity index (χ3v) is 2.89. The van der Waals surface area contributed by atoms with Crippen molar-refractivity contribution in [2.24, 2.45) is 0 Å². The quantitative estimate of drug-likeness (QED) is 0.844. The number of carbonyl (C=O) groups is 2. The molecule has 1 aromatic carbocycles. The average Bonchev–Trinajstić information content (AvgIpc) is 2.70. The predicted octanol–water partition coefficient (Wildman–Crippen LogP) is 2.78. The van der Waals surface area contributed by atoms with Gasteiger partial charge >= 0.3 is 0 Å². The first-order valence-electron chi connectivity index (χ1n) is 6.55. The van der Waals surface area contributed by atoms with Gasteiger partial charge < -0.3 is 10.3 Å². The van der Waals surface area contributed by atoms with Crippen LogP contribution in [0.4, 0.5) is 5.69 Å². The highest BCUT2D eigenvalue weighted by atomic mass is 16.2. The number of benzene rings is 1. The molecule has 0 saturated carbocycles. The maximum atomic E-state index is 11.6. The van der Waals surface area contributed by atoms with E-state index in [2.05, 4.69) is 36.1 Å². The van der Waals surface area contributed by atoms with Crippen LogP contribution in [0.1, 0.15) is 39.9 Å². The molecule has 0 radical (unpaired) electrons. The molecule has 2 aromatic rings. The van der Waals surface area contributed by atoms with Gasteiger partial charge in [0.2, 0.25) is 5.91 Å². The van der Waals surface area contributed by atoms with Gasteiger partial charge in [-0.15, -0.1) is 0 Å². The fourth-order valence-electron chi connectivity index (χ4n) is 1.87. The van der Waals surface area contributed by atoms with Gasteiger partial charge in [-0.2, -0.15) is 0 Å². The summed E-state index contributed by atoms with van der Waals surface area (Å²) >= 11 is 0. The van der Waals surface area contributed by atoms with Crippen molar-refractivity contribution in [2.45, 2.75) is 39.5 Å². The highest BCUT2D eigenvalue weighted by Gasteiger charge is 2.18. The Morgan fingerprint density at radius 1 is 1.30 bits per heavy atom. The zero-order chi connectivity index (χ0) is 14.9. The second-order valence-electron chi connectivity index (χ2n) is 5.99. The van der Waals surface area contributed by atoms with Crippen LogP contribution in [0.15, 0.2) is 18.2 Å². The number of aromatic nitrogens is 2. The zero-order valence-electron chi connectivity index (χ0n) is 12.2. The molecular weight excluding hydrogens is 254 g/mol. The lowest BCUT2D eigenvalue weighted by atomic mass is 9.96. The van der Waals surface area contributed by atoms with Gasteiger partial charge in [0, 0.05) is 11.1 Å². The molecule has 0 saturated heterocycles. The van der Waals surface area contributed by atoms with Crippen LogP contribution in [0.2, 0.25) is 0 Å². The summed E-state index contributed by atoms with van der Waals surface area (Å²) in [4.78, 5) is 30.2. The number of aromatic amines is 1. The van der Waals surface area contributed by atoms with Crippen molar-refractivity contribution >= 4 is 28.4 Å². The van der Waals surface area contributed by atoms with Gasteiger partial charge in [0.15, 0.2) is 0 Å². The van der Waals surface area contributed by atoms with E-state index < -0.39 is 0 Å². The maximum Gasteiger partial charge on any atom is 0.231 e. The topological polar surface area (TPSA) is 74.8 Å². The highest BCUT2D eigenvalue weighted by Crippen LogP contribution is 2.24. The molecule has 2 N–H and O–H groups in total. The summed E-state index contributed by atoms with van der Waals surface area (Å²) in [5.74, 6) is 0.451. The number of ketones is 1. The number of rotatable bonds is 3. The van der Waals surface area contributed by atoms with Crippen molar-refractivity contribution < 1.29 is 9.59 Å². The fourth-order valence-corrected chi connectivity index (χ4v) is 1.87. The van der Waals surface area contributed by atoms with Crippen LogP contribution in [0.25, 0.3) is 11.0 Å². The minimum absolute atomic E-state index is 0.0585. The molecule has 2 rings (SSSR count). The molecular formula is C15H19N3O2. The summed E-state index contributed by atoms with van der Waals surface area (Å²) in [7, 11) is 0. The van der Waals surface area contributed by atoms with E-state index in [0.29, 0.717) is 5.69 Å². The van der Waals surface area contributed by atoms with Crippen molar-refractivity contribution in [3.63, 3.8) is 0 Å². The molecule has 20 heavy (non-hydrogen) atoms. The Balaban J connectivity index is 2.25. The summed E-state index contributed by atoms with van der Waals surface area (Å²) in [6.45, 7) is 7.65. The van der Waals surface area contributed by atoms with Crippen molar-refractivity contribution in [3.05, 3.63) is 24.0 Å². The number of amides is 1. The van der Waals surface area contributed by atoms with Crippen LogP contribution in [-0.2, 0) is 15.0 Å². The Bertz CT molecular complexity index is 665. The van der Waals surface area contributed by atoms with Gasteiger partial charge in [-0.25, -0.2) is 4.98 Å². The number of H-pyrrole nitrogens is 1. The smallest absolute Gasteiger partial charge is 0.231 e. The second kappa shape index (κ2) is 5.07. The standard InChI is InChI=1S/C15H19N3O2/c1-9(19)7-13(20)16-10-5-6-11-12(8-10)18-14(17-11)15(2,3)4/h5-6,8H,7H2,1-4H3,(H,16,20)(H,17,18). The van der Waals surface area contributed by atoms with Gasteiger partial charge in [0.1, 0.15) is 11.6 Å². The van der Waals surface area contributed by atoms with E-state index in [-0.39, 0.29) is 23.5 Å². The monoisotopic (exact) mass is 273 g/mol. The van der Waals surface area contributed by atoms with Crippen LogP contribution in [0, 0.1) is 0 Å². The lowest BCUT2D eigenvalue weighted by molar-refractivity contribution is -0.124. The Morgan fingerprint density at radius 3 is 2.60 bits per heavy atom. The molecule has 5 heteroatoms. The van der Waals surface area contributed by atoms with E-state index in [4.69, 9.17) is 0 Å². The number of fused-ring (bicyclic) bond motifs is 1. The van der Waals surface area contributed by atoms with Gasteiger partial charge in [-0.3, -0.25) is 9.59 Å². The zero-order valence-corrected chi connectivity index (χ0v) is 12.2. The SMILES string of the molecule is CC(=O)CC(=O)Nc1ccc2nc(C(C)(C)C)[nH]c2c1. The molecule has 0 aliphatic carbocycles. The molecule has 1 heterocycles. The number of nitrogens with zero attached hydrogens (tertiary/aromatic N) is 1. The van der Waals surface area contributed by atoms with E-state index in [1.807, 2.05) is 12.1 Å². The van der Waals surface area contributed by atoms with Gasteiger partial charge in [0.25, 0.3) is 0 Å². The molecule has 5 nitrogen and oxygen atoms in total. The van der Waals surface area contributed by atoms with Crippen molar-refractivity contribution in [2.75, 3.05) is 5.32 Å². The number of imidazole rings is 1. The number of anilines is 1. The van der Waals surface area contributed by atoms with E-state index in [1.165, 1.54) is 6.92 Å². The van der Waals surface area contributed by atoms with Crippen LogP contribution in [-0.4, -0.2) is 21.7 Å². The number of nitrogens with one attached hydrogen (secondary N) is 2. The molecule has 0 aliphatic rings. The minimum Gasteiger partial charge on any atom is -0.341 e. The predicted molar refractivity (Wildman–Crippen MR) is 78.7 cm³/mol. The first kappa shape index (κ1) is 14.2.